The smallest absolute Gasteiger partial charge is 0.233 e. The van der Waals surface area contributed by atoms with Crippen LogP contribution in [0.3, 0.4) is 0 Å². The quantitative estimate of drug-likeness (QED) is 0.541. The Hall–Kier alpha value is -2.39. The highest BCUT2D eigenvalue weighted by molar-refractivity contribution is 7.10. The number of thiophene rings is 1. The Morgan fingerprint density at radius 2 is 1.60 bits per heavy atom. The summed E-state index contributed by atoms with van der Waals surface area (Å²) in [6.07, 6.45) is 3.03. The molecule has 3 aromatic rings. The van der Waals surface area contributed by atoms with Crippen molar-refractivity contribution in [1.29, 1.82) is 0 Å². The molecular formula is C22H21NOS. The van der Waals surface area contributed by atoms with E-state index in [4.69, 9.17) is 0 Å². The van der Waals surface area contributed by atoms with Crippen molar-refractivity contribution in [3.05, 3.63) is 88.6 Å². The highest BCUT2D eigenvalue weighted by atomic mass is 32.1. The normalized spacial score (nSPS) is 19.7. The van der Waals surface area contributed by atoms with Crippen LogP contribution >= 0.6 is 11.3 Å². The lowest BCUT2D eigenvalue weighted by molar-refractivity contribution is -0.130. The zero-order valence-electron chi connectivity index (χ0n) is 14.0. The molecule has 1 amide bonds. The topological polar surface area (TPSA) is 20.3 Å². The molecule has 0 unspecified atom stereocenters. The third kappa shape index (κ3) is 3.24. The Labute approximate surface area is 152 Å². The second-order valence-corrected chi connectivity index (χ2v) is 7.47. The van der Waals surface area contributed by atoms with Gasteiger partial charge in [-0.15, -0.1) is 11.3 Å². The van der Waals surface area contributed by atoms with Gasteiger partial charge in [-0.25, -0.2) is 0 Å². The summed E-state index contributed by atoms with van der Waals surface area (Å²) in [6.45, 7) is 0. The van der Waals surface area contributed by atoms with Crippen LogP contribution in [0.25, 0.3) is 0 Å². The molecule has 3 heteroatoms. The average Bonchev–Trinajstić information content (AvgIpc) is 3.18. The van der Waals surface area contributed by atoms with Gasteiger partial charge in [0.05, 0.1) is 12.0 Å². The summed E-state index contributed by atoms with van der Waals surface area (Å²) in [5, 5.41) is 2.10. The zero-order chi connectivity index (χ0) is 17.1. The minimum Gasteiger partial charge on any atom is -0.303 e. The summed E-state index contributed by atoms with van der Waals surface area (Å²) in [7, 11) is 0. The number of benzene rings is 2. The monoisotopic (exact) mass is 347 g/mol. The first-order chi connectivity index (χ1) is 12.3. The molecule has 2 nitrogen and oxygen atoms in total. The maximum absolute atomic E-state index is 12.8. The second-order valence-electron chi connectivity index (χ2n) is 6.49. The van der Waals surface area contributed by atoms with Crippen LogP contribution in [0.4, 0.5) is 5.69 Å². The number of hydrogen-bond donors (Lipinski definition) is 0. The van der Waals surface area contributed by atoms with Crippen molar-refractivity contribution in [3.8, 4) is 0 Å². The minimum absolute atomic E-state index is 0.0996. The lowest BCUT2D eigenvalue weighted by Gasteiger charge is -2.47. The van der Waals surface area contributed by atoms with Crippen molar-refractivity contribution in [2.75, 3.05) is 4.90 Å². The molecule has 1 aliphatic rings. The van der Waals surface area contributed by atoms with Gasteiger partial charge in [0.2, 0.25) is 5.91 Å². The number of aryl methyl sites for hydroxylation is 1. The fraction of sp³-hybridized carbons (Fsp3) is 0.227. The van der Waals surface area contributed by atoms with Gasteiger partial charge in [0.25, 0.3) is 0 Å². The number of carbonyl (C=O) groups excluding carboxylic acids is 1. The van der Waals surface area contributed by atoms with Crippen molar-refractivity contribution in [3.63, 3.8) is 0 Å². The second kappa shape index (κ2) is 7.24. The highest BCUT2D eigenvalue weighted by Gasteiger charge is 2.48. The van der Waals surface area contributed by atoms with E-state index in [0.717, 1.165) is 24.9 Å². The molecule has 0 N–H and O–H groups in total. The van der Waals surface area contributed by atoms with Crippen LogP contribution in [0.5, 0.6) is 0 Å². The summed E-state index contributed by atoms with van der Waals surface area (Å²) in [5.74, 6) is 0.361. The molecule has 1 saturated heterocycles. The molecule has 1 aromatic heterocycles. The Morgan fingerprint density at radius 1 is 0.880 bits per heavy atom. The number of para-hydroxylation sites is 1. The SMILES string of the molecule is O=C1[C@@H](CCCc2ccccc2)[C@@H](c2cccs2)N1c1ccccc1. The van der Waals surface area contributed by atoms with Crippen molar-refractivity contribution in [2.24, 2.45) is 5.92 Å². The summed E-state index contributed by atoms with van der Waals surface area (Å²) in [4.78, 5) is 16.1. The van der Waals surface area contributed by atoms with E-state index >= 15 is 0 Å². The number of rotatable bonds is 6. The maximum atomic E-state index is 12.8. The van der Waals surface area contributed by atoms with E-state index in [9.17, 15) is 4.79 Å². The Kier molecular flexibility index (Phi) is 4.66. The van der Waals surface area contributed by atoms with E-state index in [1.165, 1.54) is 10.4 Å². The lowest BCUT2D eigenvalue weighted by atomic mass is 9.81. The van der Waals surface area contributed by atoms with E-state index in [-0.39, 0.29) is 17.9 Å². The molecule has 25 heavy (non-hydrogen) atoms. The van der Waals surface area contributed by atoms with E-state index in [2.05, 4.69) is 41.8 Å². The van der Waals surface area contributed by atoms with Gasteiger partial charge in [-0.05, 0) is 48.4 Å². The van der Waals surface area contributed by atoms with Gasteiger partial charge in [-0.3, -0.25) is 4.79 Å². The van der Waals surface area contributed by atoms with Crippen LogP contribution in [-0.4, -0.2) is 5.91 Å². The third-order valence-corrected chi connectivity index (χ3v) is 5.85. The summed E-state index contributed by atoms with van der Waals surface area (Å²) >= 11 is 1.75. The van der Waals surface area contributed by atoms with Gasteiger partial charge in [0, 0.05) is 10.6 Å². The fourth-order valence-corrected chi connectivity index (χ4v) is 4.54. The molecule has 126 valence electrons. The Balaban J connectivity index is 1.48. The fourth-order valence-electron chi connectivity index (χ4n) is 3.66. The molecule has 1 fully saturated rings. The number of hydrogen-bond acceptors (Lipinski definition) is 2. The number of nitrogens with zero attached hydrogens (tertiary/aromatic N) is 1. The average molecular weight is 347 g/mol. The van der Waals surface area contributed by atoms with Crippen molar-refractivity contribution in [2.45, 2.75) is 25.3 Å². The molecule has 2 aromatic carbocycles. The molecule has 4 rings (SSSR count). The standard InChI is InChI=1S/C22H21NOS/c24-22-19(14-7-11-17-9-3-1-4-10-17)21(20-15-8-16-25-20)23(22)18-12-5-2-6-13-18/h1-6,8-10,12-13,15-16,19,21H,7,11,14H2/t19-,21-/m0/s1. The van der Waals surface area contributed by atoms with E-state index in [0.29, 0.717) is 0 Å². The number of amides is 1. The largest absolute Gasteiger partial charge is 0.303 e. The molecule has 0 saturated carbocycles. The molecule has 0 spiro atoms. The van der Waals surface area contributed by atoms with Crippen LogP contribution < -0.4 is 4.90 Å². The first-order valence-corrected chi connectivity index (χ1v) is 9.68. The molecule has 2 heterocycles. The first kappa shape index (κ1) is 16.1. The third-order valence-electron chi connectivity index (χ3n) is 4.91. The molecule has 0 aliphatic carbocycles. The number of β-lactam (4-membered cyclic amide) rings is 1. The predicted octanol–water partition coefficient (Wildman–Crippen LogP) is 5.48. The van der Waals surface area contributed by atoms with Crippen LogP contribution in [-0.2, 0) is 11.2 Å². The number of anilines is 1. The predicted molar refractivity (Wildman–Crippen MR) is 104 cm³/mol. The van der Waals surface area contributed by atoms with Crippen LogP contribution in [0.15, 0.2) is 78.2 Å². The maximum Gasteiger partial charge on any atom is 0.233 e. The lowest BCUT2D eigenvalue weighted by Crippen LogP contribution is -2.55. The summed E-state index contributed by atoms with van der Waals surface area (Å²) in [5.41, 5.74) is 2.35. The highest BCUT2D eigenvalue weighted by Crippen LogP contribution is 2.46. The van der Waals surface area contributed by atoms with Gasteiger partial charge in [-0.2, -0.15) is 0 Å². The molecular weight excluding hydrogens is 326 g/mol. The minimum atomic E-state index is 0.0996. The van der Waals surface area contributed by atoms with Gasteiger partial charge in [0.15, 0.2) is 0 Å². The van der Waals surface area contributed by atoms with Gasteiger partial charge in [0.1, 0.15) is 0 Å². The Morgan fingerprint density at radius 3 is 2.28 bits per heavy atom. The van der Waals surface area contributed by atoms with Gasteiger partial charge >= 0.3 is 0 Å². The van der Waals surface area contributed by atoms with E-state index < -0.39 is 0 Å². The van der Waals surface area contributed by atoms with E-state index in [1.54, 1.807) is 11.3 Å². The molecule has 2 atom stereocenters. The van der Waals surface area contributed by atoms with Crippen LogP contribution in [0.1, 0.15) is 29.3 Å². The van der Waals surface area contributed by atoms with Crippen molar-refractivity contribution >= 4 is 22.9 Å². The molecule has 1 aliphatic heterocycles. The summed E-state index contributed by atoms with van der Waals surface area (Å²) in [6, 6.07) is 25.0. The molecule has 0 bridgehead atoms. The van der Waals surface area contributed by atoms with Gasteiger partial charge < -0.3 is 4.90 Å². The van der Waals surface area contributed by atoms with Crippen molar-refractivity contribution in [1.82, 2.24) is 0 Å². The number of carbonyl (C=O) groups is 1. The van der Waals surface area contributed by atoms with Gasteiger partial charge in [-0.1, -0.05) is 54.6 Å². The van der Waals surface area contributed by atoms with Crippen molar-refractivity contribution < 1.29 is 4.79 Å². The zero-order valence-corrected chi connectivity index (χ0v) is 14.9. The van der Waals surface area contributed by atoms with Crippen LogP contribution in [0.2, 0.25) is 0 Å². The summed E-state index contributed by atoms with van der Waals surface area (Å²) < 4.78 is 0. The van der Waals surface area contributed by atoms with E-state index in [1.807, 2.05) is 41.3 Å². The first-order valence-electron chi connectivity index (χ1n) is 8.80. The molecule has 0 radical (unpaired) electrons. The van der Waals surface area contributed by atoms with Crippen LogP contribution in [0, 0.1) is 5.92 Å². The Bertz CT molecular complexity index is 814.